The van der Waals surface area contributed by atoms with E-state index in [0.717, 1.165) is 29.6 Å². The van der Waals surface area contributed by atoms with E-state index in [-0.39, 0.29) is 16.4 Å². The van der Waals surface area contributed by atoms with Gasteiger partial charge in [-0.15, -0.1) is 0 Å². The van der Waals surface area contributed by atoms with Gasteiger partial charge in [-0.25, -0.2) is 4.79 Å². The van der Waals surface area contributed by atoms with Crippen LogP contribution in [0.25, 0.3) is 0 Å². The molecule has 6 nitrogen and oxygen atoms in total. The molecule has 0 bridgehead atoms. The highest BCUT2D eigenvalue weighted by Gasteiger charge is 2.05. The average molecular weight is 284 g/mol. The van der Waals surface area contributed by atoms with Crippen molar-refractivity contribution in [3.05, 3.63) is 32.6 Å². The fourth-order valence-electron chi connectivity index (χ4n) is 1.78. The lowest BCUT2D eigenvalue weighted by atomic mass is 10.2. The molecule has 3 N–H and O–H groups in total. The molecule has 0 saturated heterocycles. The van der Waals surface area contributed by atoms with E-state index < -0.39 is 0 Å². The minimum atomic E-state index is -0.267. The Labute approximate surface area is 116 Å². The van der Waals surface area contributed by atoms with Crippen LogP contribution in [0.4, 0.5) is 0 Å². The van der Waals surface area contributed by atoms with Gasteiger partial charge >= 0.3 is 5.69 Å². The molecule has 0 aliphatic rings. The predicted molar refractivity (Wildman–Crippen MR) is 78.9 cm³/mol. The highest BCUT2D eigenvalue weighted by Crippen LogP contribution is 2.06. The van der Waals surface area contributed by atoms with E-state index in [4.69, 9.17) is 11.1 Å². The summed E-state index contributed by atoms with van der Waals surface area (Å²) in [6, 6.07) is 1.48. The summed E-state index contributed by atoms with van der Waals surface area (Å²) >= 11 is 1.34. The largest absolute Gasteiger partial charge is 0.379 e. The zero-order chi connectivity index (χ0) is 14.4. The maximum atomic E-state index is 11.9. The molecule has 0 saturated carbocycles. The number of amidine groups is 1. The van der Waals surface area contributed by atoms with Crippen molar-refractivity contribution in [1.82, 2.24) is 9.13 Å². The number of hydrogen-bond donors (Lipinski definition) is 2. The van der Waals surface area contributed by atoms with Gasteiger partial charge in [-0.1, -0.05) is 18.2 Å². The number of hydrogen-bond acceptors (Lipinski definition) is 4. The highest BCUT2D eigenvalue weighted by atomic mass is 32.2. The monoisotopic (exact) mass is 284 g/mol. The van der Waals surface area contributed by atoms with E-state index >= 15 is 0 Å². The normalized spacial score (nSPS) is 10.6. The molecule has 0 aliphatic heterocycles. The number of rotatable bonds is 6. The van der Waals surface area contributed by atoms with Crippen LogP contribution in [-0.2, 0) is 13.6 Å². The quantitative estimate of drug-likeness (QED) is 0.455. The fourth-order valence-corrected chi connectivity index (χ4v) is 2.35. The van der Waals surface area contributed by atoms with Crippen molar-refractivity contribution in [2.75, 3.05) is 5.75 Å². The summed E-state index contributed by atoms with van der Waals surface area (Å²) in [7, 11) is 1.49. The van der Waals surface area contributed by atoms with Crippen LogP contribution in [-0.4, -0.2) is 20.1 Å². The molecule has 1 aromatic rings. The number of thioether (sulfide) groups is 1. The van der Waals surface area contributed by atoms with E-state index in [0.29, 0.717) is 12.2 Å². The predicted octanol–water partition coefficient (Wildman–Crippen LogP) is 0.652. The Morgan fingerprint density at radius 2 is 2.05 bits per heavy atom. The Hall–Kier alpha value is -1.50. The molecule has 0 radical (unpaired) electrons. The van der Waals surface area contributed by atoms with Crippen molar-refractivity contribution < 1.29 is 0 Å². The smallest absolute Gasteiger partial charge is 0.330 e. The molecule has 0 aliphatic carbocycles. The molecule has 0 aromatic carbocycles. The zero-order valence-electron chi connectivity index (χ0n) is 11.3. The number of nitrogens with two attached hydrogens (primary N) is 1. The standard InChI is InChI=1S/C12H20N4O2S/c1-9-8-10(17)15(2)12(18)16(9)6-4-3-5-7-19-11(13)14/h8H,3-7H2,1-2H3,(H3,13,14). The molecule has 0 unspecified atom stereocenters. The summed E-state index contributed by atoms with van der Waals surface area (Å²) in [5, 5.41) is 7.22. The van der Waals surface area contributed by atoms with Crippen molar-refractivity contribution >= 4 is 16.9 Å². The van der Waals surface area contributed by atoms with Gasteiger partial charge in [0.15, 0.2) is 5.17 Å². The van der Waals surface area contributed by atoms with E-state index in [9.17, 15) is 9.59 Å². The molecule has 1 heterocycles. The lowest BCUT2D eigenvalue weighted by Gasteiger charge is -2.10. The maximum Gasteiger partial charge on any atom is 0.330 e. The van der Waals surface area contributed by atoms with Gasteiger partial charge in [0.2, 0.25) is 0 Å². The summed E-state index contributed by atoms with van der Waals surface area (Å²) in [5.41, 5.74) is 5.41. The van der Waals surface area contributed by atoms with Gasteiger partial charge in [0.05, 0.1) is 0 Å². The number of unbranched alkanes of at least 4 members (excludes halogenated alkanes) is 2. The molecule has 0 atom stereocenters. The Morgan fingerprint density at radius 3 is 2.68 bits per heavy atom. The summed E-state index contributed by atoms with van der Waals surface area (Å²) in [6.07, 6.45) is 2.80. The van der Waals surface area contributed by atoms with Crippen molar-refractivity contribution in [1.29, 1.82) is 5.41 Å². The van der Waals surface area contributed by atoms with E-state index in [1.165, 1.54) is 24.9 Å². The number of nitrogens with one attached hydrogen (secondary N) is 1. The van der Waals surface area contributed by atoms with Crippen LogP contribution in [0.1, 0.15) is 25.0 Å². The van der Waals surface area contributed by atoms with Crippen molar-refractivity contribution in [2.45, 2.75) is 32.7 Å². The van der Waals surface area contributed by atoms with E-state index in [1.54, 1.807) is 11.5 Å². The third-order valence-electron chi connectivity index (χ3n) is 2.89. The highest BCUT2D eigenvalue weighted by molar-refractivity contribution is 8.13. The summed E-state index contributed by atoms with van der Waals surface area (Å²) in [5.74, 6) is 0.830. The first-order valence-corrected chi connectivity index (χ1v) is 7.16. The molecule has 1 aromatic heterocycles. The average Bonchev–Trinajstić information content (AvgIpc) is 2.34. The lowest BCUT2D eigenvalue weighted by molar-refractivity contribution is 0.540. The van der Waals surface area contributed by atoms with Gasteiger partial charge in [0, 0.05) is 31.1 Å². The fraction of sp³-hybridized carbons (Fsp3) is 0.583. The first-order valence-electron chi connectivity index (χ1n) is 6.17. The van der Waals surface area contributed by atoms with Crippen LogP contribution >= 0.6 is 11.8 Å². The van der Waals surface area contributed by atoms with Crippen LogP contribution in [0.2, 0.25) is 0 Å². The second-order valence-corrected chi connectivity index (χ2v) is 5.53. The maximum absolute atomic E-state index is 11.9. The van der Waals surface area contributed by atoms with Crippen LogP contribution in [0, 0.1) is 12.3 Å². The van der Waals surface area contributed by atoms with Crippen LogP contribution in [0.15, 0.2) is 15.7 Å². The Morgan fingerprint density at radius 1 is 1.37 bits per heavy atom. The summed E-state index contributed by atoms with van der Waals surface area (Å²) < 4.78 is 2.75. The molecule has 7 heteroatoms. The Balaban J connectivity index is 2.51. The van der Waals surface area contributed by atoms with Crippen molar-refractivity contribution in [2.24, 2.45) is 12.8 Å². The first-order chi connectivity index (χ1) is 8.93. The van der Waals surface area contributed by atoms with Gasteiger partial charge in [-0.05, 0) is 19.8 Å². The molecule has 1 rings (SSSR count). The Kier molecular flexibility index (Phi) is 5.88. The molecule has 0 fully saturated rings. The van der Waals surface area contributed by atoms with E-state index in [2.05, 4.69) is 0 Å². The van der Waals surface area contributed by atoms with Gasteiger partial charge in [0.25, 0.3) is 5.56 Å². The number of nitrogens with zero attached hydrogens (tertiary/aromatic N) is 2. The second-order valence-electron chi connectivity index (χ2n) is 4.39. The van der Waals surface area contributed by atoms with Crippen LogP contribution in [0.3, 0.4) is 0 Å². The molecule has 0 spiro atoms. The number of aryl methyl sites for hydroxylation is 1. The van der Waals surface area contributed by atoms with Crippen LogP contribution in [0.5, 0.6) is 0 Å². The molecular formula is C12H20N4O2S. The van der Waals surface area contributed by atoms with Crippen molar-refractivity contribution in [3.8, 4) is 0 Å². The van der Waals surface area contributed by atoms with Gasteiger partial charge in [-0.2, -0.15) is 0 Å². The minimum Gasteiger partial charge on any atom is -0.379 e. The molecule has 0 amide bonds. The second kappa shape index (κ2) is 7.18. The van der Waals surface area contributed by atoms with Crippen LogP contribution < -0.4 is 17.0 Å². The lowest BCUT2D eigenvalue weighted by Crippen LogP contribution is -2.38. The SMILES string of the molecule is Cc1cc(=O)n(C)c(=O)n1CCCCCSC(=N)N. The minimum absolute atomic E-state index is 0.144. The van der Waals surface area contributed by atoms with Crippen molar-refractivity contribution in [3.63, 3.8) is 0 Å². The third-order valence-corrected chi connectivity index (χ3v) is 3.69. The van der Waals surface area contributed by atoms with E-state index in [1.807, 2.05) is 0 Å². The number of aromatic nitrogens is 2. The Bertz CT molecular complexity index is 562. The molecular weight excluding hydrogens is 264 g/mol. The summed E-state index contributed by atoms with van der Waals surface area (Å²) in [4.78, 5) is 23.3. The first kappa shape index (κ1) is 15.6. The van der Waals surface area contributed by atoms with Gasteiger partial charge in [-0.3, -0.25) is 19.3 Å². The molecule has 19 heavy (non-hydrogen) atoms. The summed E-state index contributed by atoms with van der Waals surface area (Å²) in [6.45, 7) is 2.39. The molecule has 106 valence electrons. The van der Waals surface area contributed by atoms with Gasteiger partial charge < -0.3 is 5.73 Å². The third kappa shape index (κ3) is 4.59. The van der Waals surface area contributed by atoms with Gasteiger partial charge in [0.1, 0.15) is 0 Å². The zero-order valence-corrected chi connectivity index (χ0v) is 12.1. The topological polar surface area (TPSA) is 93.9 Å².